The Bertz CT molecular complexity index is 387. The van der Waals surface area contributed by atoms with Crippen LogP contribution in [0.25, 0.3) is 0 Å². The first-order valence-corrected chi connectivity index (χ1v) is 5.34. The second-order valence-electron chi connectivity index (χ2n) is 3.98. The van der Waals surface area contributed by atoms with Gasteiger partial charge in [0.1, 0.15) is 5.69 Å². The minimum Gasteiger partial charge on any atom is -0.381 e. The monoisotopic (exact) mass is 230 g/mol. The van der Waals surface area contributed by atoms with Gasteiger partial charge < -0.3 is 5.32 Å². The standard InChI is InChI=1S/C11H13F3N2/c1-2-7-3-4-9-8(15-7)5-6-10(16-9)11(12,13)14/h5-7,15H,2-4H2,1H3. The number of hydrogen-bond donors (Lipinski definition) is 1. The molecular weight excluding hydrogens is 217 g/mol. The van der Waals surface area contributed by atoms with Gasteiger partial charge in [-0.15, -0.1) is 0 Å². The lowest BCUT2D eigenvalue weighted by Crippen LogP contribution is -2.26. The second kappa shape index (κ2) is 3.96. The zero-order valence-corrected chi connectivity index (χ0v) is 8.93. The zero-order valence-electron chi connectivity index (χ0n) is 8.93. The van der Waals surface area contributed by atoms with Gasteiger partial charge in [0.25, 0.3) is 0 Å². The summed E-state index contributed by atoms with van der Waals surface area (Å²) in [5, 5.41) is 3.20. The Hall–Kier alpha value is -1.26. The summed E-state index contributed by atoms with van der Waals surface area (Å²) in [6, 6.07) is 2.86. The van der Waals surface area contributed by atoms with Gasteiger partial charge in [-0.3, -0.25) is 0 Å². The number of halogens is 3. The van der Waals surface area contributed by atoms with Crippen molar-refractivity contribution in [3.63, 3.8) is 0 Å². The van der Waals surface area contributed by atoms with Crippen LogP contribution in [0.15, 0.2) is 12.1 Å². The van der Waals surface area contributed by atoms with Crippen LogP contribution in [0.5, 0.6) is 0 Å². The number of fused-ring (bicyclic) bond motifs is 1. The van der Waals surface area contributed by atoms with E-state index in [-0.39, 0.29) is 0 Å². The summed E-state index contributed by atoms with van der Waals surface area (Å²) in [6.07, 6.45) is -1.92. The van der Waals surface area contributed by atoms with Crippen molar-refractivity contribution in [2.24, 2.45) is 0 Å². The van der Waals surface area contributed by atoms with Crippen LogP contribution in [0.4, 0.5) is 18.9 Å². The van der Waals surface area contributed by atoms with Crippen molar-refractivity contribution in [1.29, 1.82) is 0 Å². The van der Waals surface area contributed by atoms with Gasteiger partial charge in [-0.2, -0.15) is 13.2 Å². The van der Waals surface area contributed by atoms with Crippen LogP contribution in [0, 0.1) is 0 Å². The lowest BCUT2D eigenvalue weighted by atomic mass is 10.0. The second-order valence-corrected chi connectivity index (χ2v) is 3.98. The molecular formula is C11H13F3N2. The van der Waals surface area contributed by atoms with E-state index in [4.69, 9.17) is 0 Å². The molecule has 1 atom stereocenters. The Morgan fingerprint density at radius 1 is 1.44 bits per heavy atom. The lowest BCUT2D eigenvalue weighted by molar-refractivity contribution is -0.141. The first kappa shape index (κ1) is 11.2. The quantitative estimate of drug-likeness (QED) is 0.801. The molecule has 1 unspecified atom stereocenters. The fraction of sp³-hybridized carbons (Fsp3) is 0.545. The predicted octanol–water partition coefficient (Wildman–Crippen LogP) is 3.24. The molecule has 0 aliphatic carbocycles. The molecule has 2 nitrogen and oxygen atoms in total. The number of rotatable bonds is 1. The fourth-order valence-electron chi connectivity index (χ4n) is 1.89. The SMILES string of the molecule is CCC1CCc2nc(C(F)(F)F)ccc2N1. The van der Waals surface area contributed by atoms with E-state index in [1.165, 1.54) is 6.07 Å². The predicted molar refractivity (Wildman–Crippen MR) is 55.3 cm³/mol. The van der Waals surface area contributed by atoms with E-state index in [2.05, 4.69) is 17.2 Å². The van der Waals surface area contributed by atoms with Crippen molar-refractivity contribution in [2.45, 2.75) is 38.4 Å². The maximum absolute atomic E-state index is 12.4. The smallest absolute Gasteiger partial charge is 0.381 e. The van der Waals surface area contributed by atoms with Gasteiger partial charge in [0.2, 0.25) is 0 Å². The van der Waals surface area contributed by atoms with Crippen molar-refractivity contribution in [1.82, 2.24) is 4.98 Å². The number of nitrogens with zero attached hydrogens (tertiary/aromatic N) is 1. The third-order valence-electron chi connectivity index (χ3n) is 2.85. The number of alkyl halides is 3. The first-order chi connectivity index (χ1) is 7.50. The first-order valence-electron chi connectivity index (χ1n) is 5.34. The maximum atomic E-state index is 12.4. The molecule has 1 aromatic heterocycles. The van der Waals surface area contributed by atoms with Crippen LogP contribution in [0.1, 0.15) is 31.2 Å². The normalized spacial score (nSPS) is 20.1. The summed E-state index contributed by atoms with van der Waals surface area (Å²) in [4.78, 5) is 3.67. The Morgan fingerprint density at radius 3 is 2.81 bits per heavy atom. The van der Waals surface area contributed by atoms with Crippen molar-refractivity contribution >= 4 is 5.69 Å². The highest BCUT2D eigenvalue weighted by molar-refractivity contribution is 5.51. The van der Waals surface area contributed by atoms with E-state index in [1.54, 1.807) is 0 Å². The van der Waals surface area contributed by atoms with Crippen molar-refractivity contribution in [3.8, 4) is 0 Å². The van der Waals surface area contributed by atoms with Crippen LogP contribution < -0.4 is 5.32 Å². The summed E-state index contributed by atoms with van der Waals surface area (Å²) in [6.45, 7) is 2.06. The molecule has 0 saturated heterocycles. The van der Waals surface area contributed by atoms with Gasteiger partial charge in [-0.1, -0.05) is 6.92 Å². The average Bonchev–Trinajstić information content (AvgIpc) is 2.26. The molecule has 88 valence electrons. The number of pyridine rings is 1. The molecule has 1 aromatic rings. The largest absolute Gasteiger partial charge is 0.433 e. The Balaban J connectivity index is 2.28. The van der Waals surface area contributed by atoms with Gasteiger partial charge >= 0.3 is 6.18 Å². The Labute approximate surface area is 91.9 Å². The summed E-state index contributed by atoms with van der Waals surface area (Å²) in [5.74, 6) is 0. The average molecular weight is 230 g/mol. The number of anilines is 1. The molecule has 0 aromatic carbocycles. The summed E-state index contributed by atoms with van der Waals surface area (Å²) in [5.41, 5.74) is 0.466. The summed E-state index contributed by atoms with van der Waals surface area (Å²) >= 11 is 0. The summed E-state index contributed by atoms with van der Waals surface area (Å²) < 4.78 is 37.3. The Morgan fingerprint density at radius 2 is 2.19 bits per heavy atom. The van der Waals surface area contributed by atoms with Gasteiger partial charge in [0.05, 0.1) is 11.4 Å². The van der Waals surface area contributed by atoms with E-state index in [1.807, 2.05) is 0 Å². The number of aryl methyl sites for hydroxylation is 1. The molecule has 0 amide bonds. The molecule has 0 saturated carbocycles. The summed E-state index contributed by atoms with van der Waals surface area (Å²) in [7, 11) is 0. The molecule has 1 aliphatic heterocycles. The van der Waals surface area contributed by atoms with Crippen LogP contribution >= 0.6 is 0 Å². The van der Waals surface area contributed by atoms with E-state index in [9.17, 15) is 13.2 Å². The van der Waals surface area contributed by atoms with Crippen molar-refractivity contribution in [3.05, 3.63) is 23.5 Å². The number of nitrogens with one attached hydrogen (secondary N) is 1. The molecule has 1 N–H and O–H groups in total. The number of aromatic nitrogens is 1. The fourth-order valence-corrected chi connectivity index (χ4v) is 1.89. The van der Waals surface area contributed by atoms with Crippen LogP contribution in [-0.2, 0) is 12.6 Å². The molecule has 0 radical (unpaired) electrons. The molecule has 2 rings (SSSR count). The van der Waals surface area contributed by atoms with Gasteiger partial charge in [-0.05, 0) is 31.4 Å². The van der Waals surface area contributed by atoms with Crippen LogP contribution in [-0.4, -0.2) is 11.0 Å². The van der Waals surface area contributed by atoms with Gasteiger partial charge in [0.15, 0.2) is 0 Å². The zero-order chi connectivity index (χ0) is 11.8. The van der Waals surface area contributed by atoms with Gasteiger partial charge in [0, 0.05) is 6.04 Å². The molecule has 0 fully saturated rings. The van der Waals surface area contributed by atoms with Crippen LogP contribution in [0.2, 0.25) is 0 Å². The molecule has 16 heavy (non-hydrogen) atoms. The van der Waals surface area contributed by atoms with E-state index < -0.39 is 11.9 Å². The molecule has 2 heterocycles. The minimum atomic E-state index is -4.35. The Kier molecular flexibility index (Phi) is 2.78. The molecule has 0 spiro atoms. The number of hydrogen-bond acceptors (Lipinski definition) is 2. The molecule has 0 bridgehead atoms. The third-order valence-corrected chi connectivity index (χ3v) is 2.85. The molecule has 5 heteroatoms. The minimum absolute atomic E-state index is 0.353. The topological polar surface area (TPSA) is 24.9 Å². The van der Waals surface area contributed by atoms with Gasteiger partial charge in [-0.25, -0.2) is 4.98 Å². The highest BCUT2D eigenvalue weighted by atomic mass is 19.4. The van der Waals surface area contributed by atoms with Crippen molar-refractivity contribution in [2.75, 3.05) is 5.32 Å². The maximum Gasteiger partial charge on any atom is 0.433 e. The lowest BCUT2D eigenvalue weighted by Gasteiger charge is -2.25. The highest BCUT2D eigenvalue weighted by Crippen LogP contribution is 2.31. The van der Waals surface area contributed by atoms with E-state index in [0.29, 0.717) is 18.2 Å². The van der Waals surface area contributed by atoms with E-state index in [0.717, 1.165) is 24.6 Å². The van der Waals surface area contributed by atoms with E-state index >= 15 is 0 Å². The van der Waals surface area contributed by atoms with Crippen molar-refractivity contribution < 1.29 is 13.2 Å². The highest BCUT2D eigenvalue weighted by Gasteiger charge is 2.33. The van der Waals surface area contributed by atoms with Crippen LogP contribution in [0.3, 0.4) is 0 Å². The molecule has 1 aliphatic rings. The third kappa shape index (κ3) is 2.13.